The fourth-order valence-corrected chi connectivity index (χ4v) is 1.76. The van der Waals surface area contributed by atoms with E-state index in [0.717, 1.165) is 5.56 Å². The highest BCUT2D eigenvalue weighted by molar-refractivity contribution is 5.94. The lowest BCUT2D eigenvalue weighted by molar-refractivity contribution is 0.0963. The maximum Gasteiger partial charge on any atom is 0.251 e. The lowest BCUT2D eigenvalue weighted by Crippen LogP contribution is -2.17. The van der Waals surface area contributed by atoms with E-state index in [1.165, 1.54) is 24.0 Å². The summed E-state index contributed by atoms with van der Waals surface area (Å²) >= 11 is 0. The van der Waals surface area contributed by atoms with Crippen LogP contribution in [0, 0.1) is 6.92 Å². The lowest BCUT2D eigenvalue weighted by Gasteiger charge is -2.06. The van der Waals surface area contributed by atoms with Crippen LogP contribution in [-0.2, 0) is 0 Å². The largest absolute Gasteiger partial charge is 0.355 e. The van der Waals surface area contributed by atoms with Crippen molar-refractivity contribution in [3.63, 3.8) is 0 Å². The van der Waals surface area contributed by atoms with Crippen LogP contribution >= 0.6 is 0 Å². The zero-order valence-corrected chi connectivity index (χ0v) is 8.63. The fourth-order valence-electron chi connectivity index (χ4n) is 1.76. The average molecular weight is 189 g/mol. The van der Waals surface area contributed by atoms with Gasteiger partial charge in [-0.15, -0.1) is 0 Å². The third-order valence-electron chi connectivity index (χ3n) is 2.79. The van der Waals surface area contributed by atoms with Crippen molar-refractivity contribution >= 4 is 5.91 Å². The smallest absolute Gasteiger partial charge is 0.251 e. The molecule has 1 aliphatic carbocycles. The maximum atomic E-state index is 11.4. The zero-order valence-electron chi connectivity index (χ0n) is 8.63. The van der Waals surface area contributed by atoms with Crippen LogP contribution in [0.1, 0.15) is 40.2 Å². The molecule has 2 nitrogen and oxygen atoms in total. The predicted molar refractivity (Wildman–Crippen MR) is 56.5 cm³/mol. The van der Waals surface area contributed by atoms with E-state index in [1.54, 1.807) is 7.05 Å². The van der Waals surface area contributed by atoms with E-state index >= 15 is 0 Å². The van der Waals surface area contributed by atoms with Gasteiger partial charge in [-0.1, -0.05) is 6.07 Å². The van der Waals surface area contributed by atoms with E-state index in [0.29, 0.717) is 5.92 Å². The van der Waals surface area contributed by atoms with Crippen LogP contribution < -0.4 is 5.32 Å². The van der Waals surface area contributed by atoms with E-state index in [-0.39, 0.29) is 5.91 Å². The summed E-state index contributed by atoms with van der Waals surface area (Å²) in [6, 6.07) is 5.96. The molecular weight excluding hydrogens is 174 g/mol. The van der Waals surface area contributed by atoms with Gasteiger partial charge in [0.25, 0.3) is 5.91 Å². The molecule has 0 atom stereocenters. The number of nitrogens with one attached hydrogen (secondary N) is 1. The molecule has 1 saturated carbocycles. The van der Waals surface area contributed by atoms with Crippen LogP contribution in [0.2, 0.25) is 0 Å². The van der Waals surface area contributed by atoms with Gasteiger partial charge < -0.3 is 5.32 Å². The second-order valence-corrected chi connectivity index (χ2v) is 3.92. The van der Waals surface area contributed by atoms with Crippen molar-refractivity contribution in [1.29, 1.82) is 0 Å². The summed E-state index contributed by atoms with van der Waals surface area (Å²) in [7, 11) is 1.67. The van der Waals surface area contributed by atoms with E-state index in [1.807, 2.05) is 18.2 Å². The summed E-state index contributed by atoms with van der Waals surface area (Å²) in [4.78, 5) is 11.4. The first-order valence-electron chi connectivity index (χ1n) is 5.05. The first kappa shape index (κ1) is 9.25. The Morgan fingerprint density at radius 3 is 2.71 bits per heavy atom. The SMILES string of the molecule is CNC(=O)c1ccc(C)c(C2CC2)c1. The Balaban J connectivity index is 2.35. The van der Waals surface area contributed by atoms with E-state index in [2.05, 4.69) is 12.2 Å². The molecule has 1 aromatic rings. The molecule has 0 radical (unpaired) electrons. The molecule has 1 fully saturated rings. The number of rotatable bonds is 2. The molecular formula is C12H15NO. The second-order valence-electron chi connectivity index (χ2n) is 3.92. The van der Waals surface area contributed by atoms with Gasteiger partial charge in [-0.3, -0.25) is 4.79 Å². The van der Waals surface area contributed by atoms with Crippen molar-refractivity contribution in [2.24, 2.45) is 0 Å². The van der Waals surface area contributed by atoms with Crippen LogP contribution in [0.4, 0.5) is 0 Å². The van der Waals surface area contributed by atoms with Crippen molar-refractivity contribution in [2.75, 3.05) is 7.05 Å². The number of carbonyl (C=O) groups excluding carboxylic acids is 1. The zero-order chi connectivity index (χ0) is 10.1. The Kier molecular flexibility index (Phi) is 2.28. The molecule has 1 aromatic carbocycles. The highest BCUT2D eigenvalue weighted by Gasteiger charge is 2.25. The maximum absolute atomic E-state index is 11.4. The summed E-state index contributed by atoms with van der Waals surface area (Å²) in [5, 5.41) is 2.65. The van der Waals surface area contributed by atoms with Crippen LogP contribution in [-0.4, -0.2) is 13.0 Å². The lowest BCUT2D eigenvalue weighted by atomic mass is 10.0. The van der Waals surface area contributed by atoms with E-state index in [9.17, 15) is 4.79 Å². The molecule has 1 N–H and O–H groups in total. The van der Waals surface area contributed by atoms with Crippen molar-refractivity contribution in [3.05, 3.63) is 34.9 Å². The highest BCUT2D eigenvalue weighted by Crippen LogP contribution is 2.41. The van der Waals surface area contributed by atoms with E-state index in [4.69, 9.17) is 0 Å². The number of aryl methyl sites for hydroxylation is 1. The summed E-state index contributed by atoms with van der Waals surface area (Å²) in [6.07, 6.45) is 2.55. The Labute approximate surface area is 84.3 Å². The molecule has 2 rings (SSSR count). The Morgan fingerprint density at radius 2 is 2.14 bits per heavy atom. The average Bonchev–Trinajstić information content (AvgIpc) is 3.01. The Bertz CT molecular complexity index is 367. The summed E-state index contributed by atoms with van der Waals surface area (Å²) < 4.78 is 0. The number of benzene rings is 1. The van der Waals surface area contributed by atoms with Gasteiger partial charge in [0, 0.05) is 12.6 Å². The first-order valence-corrected chi connectivity index (χ1v) is 5.05. The van der Waals surface area contributed by atoms with Gasteiger partial charge in [0.1, 0.15) is 0 Å². The van der Waals surface area contributed by atoms with Crippen LogP contribution in [0.5, 0.6) is 0 Å². The van der Waals surface area contributed by atoms with Crippen LogP contribution in [0.25, 0.3) is 0 Å². The normalized spacial score (nSPS) is 15.3. The summed E-state index contributed by atoms with van der Waals surface area (Å²) in [6.45, 7) is 2.11. The van der Waals surface area contributed by atoms with Crippen molar-refractivity contribution in [2.45, 2.75) is 25.7 Å². The molecule has 2 heteroatoms. The molecule has 0 aliphatic heterocycles. The minimum atomic E-state index is 0.00639. The number of carbonyl (C=O) groups is 1. The number of amides is 1. The highest BCUT2D eigenvalue weighted by atomic mass is 16.1. The number of hydrogen-bond acceptors (Lipinski definition) is 1. The van der Waals surface area contributed by atoms with Gasteiger partial charge in [-0.05, 0) is 48.9 Å². The predicted octanol–water partition coefficient (Wildman–Crippen LogP) is 2.23. The van der Waals surface area contributed by atoms with Crippen molar-refractivity contribution < 1.29 is 4.79 Å². The van der Waals surface area contributed by atoms with Gasteiger partial charge in [-0.25, -0.2) is 0 Å². The molecule has 0 heterocycles. The minimum absolute atomic E-state index is 0.00639. The third kappa shape index (κ3) is 1.65. The molecule has 14 heavy (non-hydrogen) atoms. The summed E-state index contributed by atoms with van der Waals surface area (Å²) in [5.41, 5.74) is 3.44. The number of hydrogen-bond donors (Lipinski definition) is 1. The topological polar surface area (TPSA) is 29.1 Å². The molecule has 0 bridgehead atoms. The fraction of sp³-hybridized carbons (Fsp3) is 0.417. The molecule has 1 amide bonds. The van der Waals surface area contributed by atoms with Gasteiger partial charge in [0.05, 0.1) is 0 Å². The third-order valence-corrected chi connectivity index (χ3v) is 2.79. The van der Waals surface area contributed by atoms with Crippen molar-refractivity contribution in [1.82, 2.24) is 5.32 Å². The quantitative estimate of drug-likeness (QED) is 0.759. The van der Waals surface area contributed by atoms with Gasteiger partial charge in [0.2, 0.25) is 0 Å². The Morgan fingerprint density at radius 1 is 1.43 bits per heavy atom. The van der Waals surface area contributed by atoms with Gasteiger partial charge in [-0.2, -0.15) is 0 Å². The standard InChI is InChI=1S/C12H15NO/c1-8-3-4-10(12(14)13-2)7-11(8)9-5-6-9/h3-4,7,9H,5-6H2,1-2H3,(H,13,14). The second kappa shape index (κ2) is 3.45. The molecule has 74 valence electrons. The van der Waals surface area contributed by atoms with Crippen molar-refractivity contribution in [3.8, 4) is 0 Å². The van der Waals surface area contributed by atoms with Crippen LogP contribution in [0.3, 0.4) is 0 Å². The molecule has 1 aliphatic rings. The van der Waals surface area contributed by atoms with Crippen LogP contribution in [0.15, 0.2) is 18.2 Å². The minimum Gasteiger partial charge on any atom is -0.355 e. The molecule has 0 unspecified atom stereocenters. The van der Waals surface area contributed by atoms with E-state index < -0.39 is 0 Å². The monoisotopic (exact) mass is 189 g/mol. The first-order chi connectivity index (χ1) is 6.72. The Hall–Kier alpha value is -1.31. The summed E-state index contributed by atoms with van der Waals surface area (Å²) in [5.74, 6) is 0.714. The molecule has 0 spiro atoms. The molecule has 0 saturated heterocycles. The van der Waals surface area contributed by atoms with Gasteiger partial charge in [0.15, 0.2) is 0 Å². The molecule has 0 aromatic heterocycles. The van der Waals surface area contributed by atoms with Gasteiger partial charge >= 0.3 is 0 Å².